The molecule has 0 aliphatic rings. The van der Waals surface area contributed by atoms with E-state index >= 15 is 0 Å². The molecule has 0 radical (unpaired) electrons. The topological polar surface area (TPSA) is 68.6 Å². The first-order valence-corrected chi connectivity index (χ1v) is 11.0. The van der Waals surface area contributed by atoms with Gasteiger partial charge in [0.1, 0.15) is 5.69 Å². The van der Waals surface area contributed by atoms with Gasteiger partial charge in [-0.3, -0.25) is 0 Å². The lowest BCUT2D eigenvalue weighted by atomic mass is 10.1. The van der Waals surface area contributed by atoms with Crippen molar-refractivity contribution in [2.24, 2.45) is 7.05 Å². The highest BCUT2D eigenvalue weighted by atomic mass is 16.5. The van der Waals surface area contributed by atoms with E-state index in [1.165, 1.54) is 0 Å². The van der Waals surface area contributed by atoms with Gasteiger partial charge >= 0.3 is 6.03 Å². The Kier molecular flexibility index (Phi) is 7.76. The number of carbonyl (C=O) groups excluding carboxylic acids is 1. The predicted molar refractivity (Wildman–Crippen MR) is 126 cm³/mol. The van der Waals surface area contributed by atoms with Gasteiger partial charge in [0.15, 0.2) is 11.5 Å². The normalized spacial score (nSPS) is 11.7. The lowest BCUT2D eigenvalue weighted by Gasteiger charge is -2.29. The second-order valence-electron chi connectivity index (χ2n) is 7.60. The minimum atomic E-state index is -0.104. The van der Waals surface area contributed by atoms with Gasteiger partial charge in [0, 0.05) is 25.2 Å². The average Bonchev–Trinajstić information content (AvgIpc) is 3.12. The standard InChI is InChI=1S/C25H32N4O3/c1-6-18(3)29(25(30)26-7-2)17-20-23(19-13-9-8-10-14-19)27-28(4)24(20)32-22-16-12-11-15-21(22)31-5/h8-16,18H,6-7,17H2,1-5H3,(H,26,30). The largest absolute Gasteiger partial charge is 0.493 e. The van der Waals surface area contributed by atoms with Crippen LogP contribution in [0.3, 0.4) is 0 Å². The maximum Gasteiger partial charge on any atom is 0.317 e. The van der Waals surface area contributed by atoms with Gasteiger partial charge in [0.25, 0.3) is 0 Å². The van der Waals surface area contributed by atoms with Crippen LogP contribution in [0.2, 0.25) is 0 Å². The quantitative estimate of drug-likeness (QED) is 0.499. The number of ether oxygens (including phenoxy) is 2. The molecule has 0 saturated heterocycles. The molecule has 3 rings (SSSR count). The summed E-state index contributed by atoms with van der Waals surface area (Å²) in [6.45, 7) is 6.97. The van der Waals surface area contributed by atoms with Gasteiger partial charge in [-0.05, 0) is 32.4 Å². The first-order valence-electron chi connectivity index (χ1n) is 11.0. The van der Waals surface area contributed by atoms with E-state index < -0.39 is 0 Å². The van der Waals surface area contributed by atoms with E-state index in [4.69, 9.17) is 14.6 Å². The van der Waals surface area contributed by atoms with Crippen molar-refractivity contribution in [3.8, 4) is 28.6 Å². The average molecular weight is 437 g/mol. The molecule has 0 aliphatic heterocycles. The molecule has 32 heavy (non-hydrogen) atoms. The Hall–Kier alpha value is -3.48. The van der Waals surface area contributed by atoms with E-state index in [1.54, 1.807) is 11.8 Å². The Labute approximate surface area is 190 Å². The summed E-state index contributed by atoms with van der Waals surface area (Å²) in [4.78, 5) is 14.7. The molecule has 2 aromatic carbocycles. The number of carbonyl (C=O) groups is 1. The molecule has 0 aliphatic carbocycles. The van der Waals surface area contributed by atoms with Crippen molar-refractivity contribution in [2.45, 2.75) is 39.8 Å². The summed E-state index contributed by atoms with van der Waals surface area (Å²) in [5.41, 5.74) is 2.60. The zero-order chi connectivity index (χ0) is 23.1. The lowest BCUT2D eigenvalue weighted by Crippen LogP contribution is -2.44. The van der Waals surface area contributed by atoms with Crippen LogP contribution in [0.5, 0.6) is 17.4 Å². The van der Waals surface area contributed by atoms with Crippen molar-refractivity contribution >= 4 is 6.03 Å². The zero-order valence-corrected chi connectivity index (χ0v) is 19.5. The van der Waals surface area contributed by atoms with E-state index in [0.717, 1.165) is 23.2 Å². The molecule has 0 bridgehead atoms. The number of aromatic nitrogens is 2. The molecule has 7 heteroatoms. The molecule has 1 N–H and O–H groups in total. The summed E-state index contributed by atoms with van der Waals surface area (Å²) in [6.07, 6.45) is 0.834. The first-order chi connectivity index (χ1) is 15.5. The van der Waals surface area contributed by atoms with Crippen LogP contribution in [0, 0.1) is 0 Å². The highest BCUT2D eigenvalue weighted by Gasteiger charge is 2.27. The van der Waals surface area contributed by atoms with Crippen LogP contribution in [0.4, 0.5) is 4.79 Å². The molecule has 1 aromatic heterocycles. The second kappa shape index (κ2) is 10.7. The van der Waals surface area contributed by atoms with Crippen LogP contribution in [-0.2, 0) is 13.6 Å². The highest BCUT2D eigenvalue weighted by molar-refractivity contribution is 5.75. The predicted octanol–water partition coefficient (Wildman–Crippen LogP) is 5.22. The summed E-state index contributed by atoms with van der Waals surface area (Å²) in [5.74, 6) is 1.79. The number of para-hydroxylation sites is 2. The lowest BCUT2D eigenvalue weighted by molar-refractivity contribution is 0.173. The maximum absolute atomic E-state index is 12.9. The Morgan fingerprint density at radius 3 is 2.38 bits per heavy atom. The number of methoxy groups -OCH3 is 1. The van der Waals surface area contributed by atoms with Crippen molar-refractivity contribution in [3.63, 3.8) is 0 Å². The Morgan fingerprint density at radius 2 is 1.75 bits per heavy atom. The fourth-order valence-electron chi connectivity index (χ4n) is 3.53. The van der Waals surface area contributed by atoms with Gasteiger partial charge in [0.2, 0.25) is 5.88 Å². The molecular formula is C25H32N4O3. The number of aryl methyl sites for hydroxylation is 1. The molecule has 1 atom stereocenters. The molecule has 0 spiro atoms. The van der Waals surface area contributed by atoms with Crippen LogP contribution in [0.1, 0.15) is 32.8 Å². The van der Waals surface area contributed by atoms with Crippen molar-refractivity contribution in [3.05, 3.63) is 60.2 Å². The van der Waals surface area contributed by atoms with Crippen LogP contribution >= 0.6 is 0 Å². The van der Waals surface area contributed by atoms with Gasteiger partial charge in [0.05, 0.1) is 19.2 Å². The SMILES string of the molecule is CCNC(=O)N(Cc1c(-c2ccccc2)nn(C)c1Oc1ccccc1OC)C(C)CC. The third-order valence-corrected chi connectivity index (χ3v) is 5.45. The van der Waals surface area contributed by atoms with Crippen molar-refractivity contribution < 1.29 is 14.3 Å². The van der Waals surface area contributed by atoms with Gasteiger partial charge < -0.3 is 19.7 Å². The van der Waals surface area contributed by atoms with Gasteiger partial charge in [-0.25, -0.2) is 9.48 Å². The number of hydrogen-bond donors (Lipinski definition) is 1. The molecule has 1 unspecified atom stereocenters. The van der Waals surface area contributed by atoms with Crippen molar-refractivity contribution in [1.29, 1.82) is 0 Å². The number of nitrogens with zero attached hydrogens (tertiary/aromatic N) is 3. The number of urea groups is 1. The Morgan fingerprint density at radius 1 is 1.09 bits per heavy atom. The molecule has 7 nitrogen and oxygen atoms in total. The highest BCUT2D eigenvalue weighted by Crippen LogP contribution is 2.37. The first kappa shape index (κ1) is 23.2. The van der Waals surface area contributed by atoms with Crippen molar-refractivity contribution in [2.75, 3.05) is 13.7 Å². The van der Waals surface area contributed by atoms with Gasteiger partial charge in [-0.15, -0.1) is 0 Å². The minimum absolute atomic E-state index is 0.0458. The molecule has 0 fully saturated rings. The molecule has 1 heterocycles. The number of hydrogen-bond acceptors (Lipinski definition) is 4. The van der Waals surface area contributed by atoms with Crippen molar-refractivity contribution in [1.82, 2.24) is 20.0 Å². The third-order valence-electron chi connectivity index (χ3n) is 5.45. The number of benzene rings is 2. The summed E-state index contributed by atoms with van der Waals surface area (Å²) in [6, 6.07) is 17.4. The summed E-state index contributed by atoms with van der Waals surface area (Å²) < 4.78 is 13.5. The number of rotatable bonds is 9. The van der Waals surface area contributed by atoms with Crippen LogP contribution in [0.15, 0.2) is 54.6 Å². The van der Waals surface area contributed by atoms with E-state index in [0.29, 0.717) is 30.5 Å². The zero-order valence-electron chi connectivity index (χ0n) is 19.5. The van der Waals surface area contributed by atoms with Gasteiger partial charge in [-0.2, -0.15) is 5.10 Å². The summed E-state index contributed by atoms with van der Waals surface area (Å²) >= 11 is 0. The summed E-state index contributed by atoms with van der Waals surface area (Å²) in [5, 5.41) is 7.70. The maximum atomic E-state index is 12.9. The number of amides is 2. The van der Waals surface area contributed by atoms with Gasteiger partial charge in [-0.1, -0.05) is 49.4 Å². The van der Waals surface area contributed by atoms with E-state index in [2.05, 4.69) is 19.2 Å². The van der Waals surface area contributed by atoms with E-state index in [1.807, 2.05) is 73.5 Å². The smallest absolute Gasteiger partial charge is 0.317 e. The Balaban J connectivity index is 2.11. The molecule has 2 amide bonds. The third kappa shape index (κ3) is 5.04. The molecular weight excluding hydrogens is 404 g/mol. The molecule has 170 valence electrons. The monoisotopic (exact) mass is 436 g/mol. The Bertz CT molecular complexity index is 1030. The van der Waals surface area contributed by atoms with Crippen LogP contribution < -0.4 is 14.8 Å². The minimum Gasteiger partial charge on any atom is -0.493 e. The van der Waals surface area contributed by atoms with Crippen LogP contribution in [0.25, 0.3) is 11.3 Å². The van der Waals surface area contributed by atoms with E-state index in [-0.39, 0.29) is 12.1 Å². The fraction of sp³-hybridized carbons (Fsp3) is 0.360. The number of nitrogens with one attached hydrogen (secondary N) is 1. The van der Waals surface area contributed by atoms with E-state index in [9.17, 15) is 4.79 Å². The molecule has 0 saturated carbocycles. The second-order valence-corrected chi connectivity index (χ2v) is 7.60. The fourth-order valence-corrected chi connectivity index (χ4v) is 3.53. The summed E-state index contributed by atoms with van der Waals surface area (Å²) in [7, 11) is 3.46. The van der Waals surface area contributed by atoms with Crippen LogP contribution in [-0.4, -0.2) is 40.4 Å². The molecule has 3 aromatic rings.